The molecule has 2 aliphatic rings. The lowest BCUT2D eigenvalue weighted by Gasteiger charge is -2.37. The van der Waals surface area contributed by atoms with Crippen LogP contribution < -0.4 is 15.1 Å². The van der Waals surface area contributed by atoms with Gasteiger partial charge in [0.25, 0.3) is 17.5 Å². The van der Waals surface area contributed by atoms with Crippen LogP contribution in [0.2, 0.25) is 0 Å². The number of carbonyl (C=O) groups excluding carboxylic acids is 2. The van der Waals surface area contributed by atoms with E-state index in [1.54, 1.807) is 12.1 Å². The van der Waals surface area contributed by atoms with Crippen LogP contribution in [0.15, 0.2) is 72.8 Å². The minimum Gasteiger partial charge on any atom is -0.378 e. The molecule has 1 N–H and O–H groups in total. The number of carbonyl (C=O) groups is 2. The molecular weight excluding hydrogens is 486 g/mol. The van der Waals surface area contributed by atoms with Crippen molar-refractivity contribution >= 4 is 34.6 Å². The average molecular weight is 516 g/mol. The molecule has 10 heteroatoms. The third kappa shape index (κ3) is 5.45. The van der Waals surface area contributed by atoms with E-state index < -0.39 is 10.8 Å². The lowest BCUT2D eigenvalue weighted by atomic mass is 10.1. The summed E-state index contributed by atoms with van der Waals surface area (Å²) in [5, 5.41) is 14.7. The predicted octanol–water partition coefficient (Wildman–Crippen LogP) is 3.65. The number of benzene rings is 3. The van der Waals surface area contributed by atoms with E-state index in [2.05, 4.69) is 10.2 Å². The first kappa shape index (κ1) is 25.2. The Balaban J connectivity index is 1.29. The topological polar surface area (TPSA) is 108 Å². The summed E-state index contributed by atoms with van der Waals surface area (Å²) in [5.41, 5.74) is 2.71. The molecule has 0 unspecified atom stereocenters. The summed E-state index contributed by atoms with van der Waals surface area (Å²) >= 11 is 0. The van der Waals surface area contributed by atoms with Gasteiger partial charge in [0.1, 0.15) is 5.69 Å². The maximum absolute atomic E-state index is 13.2. The molecule has 0 aliphatic carbocycles. The summed E-state index contributed by atoms with van der Waals surface area (Å²) in [7, 11) is 0. The fourth-order valence-electron chi connectivity index (χ4n) is 4.85. The number of nitrogens with one attached hydrogen (secondary N) is 1. The highest BCUT2D eigenvalue weighted by atomic mass is 16.6. The number of morpholine rings is 1. The fraction of sp³-hybridized carbons (Fsp3) is 0.286. The minimum atomic E-state index is -0.453. The van der Waals surface area contributed by atoms with Gasteiger partial charge in [0.2, 0.25) is 0 Å². The molecule has 0 spiro atoms. The zero-order chi connectivity index (χ0) is 26.5. The number of hydrogen-bond donors (Lipinski definition) is 1. The van der Waals surface area contributed by atoms with Gasteiger partial charge in [-0.25, -0.2) is 0 Å². The van der Waals surface area contributed by atoms with Gasteiger partial charge in [-0.15, -0.1) is 0 Å². The van der Waals surface area contributed by atoms with Crippen molar-refractivity contribution < 1.29 is 19.2 Å². The Bertz CT molecular complexity index is 1320. The van der Waals surface area contributed by atoms with Crippen LogP contribution >= 0.6 is 0 Å². The Morgan fingerprint density at radius 1 is 0.763 bits per heavy atom. The second-order valence-electron chi connectivity index (χ2n) is 9.18. The highest BCUT2D eigenvalue weighted by Crippen LogP contribution is 2.31. The number of ether oxygens (including phenoxy) is 1. The van der Waals surface area contributed by atoms with Crippen LogP contribution in [0.1, 0.15) is 20.7 Å². The van der Waals surface area contributed by atoms with Crippen molar-refractivity contribution in [2.24, 2.45) is 0 Å². The first-order chi connectivity index (χ1) is 18.5. The van der Waals surface area contributed by atoms with E-state index >= 15 is 0 Å². The van der Waals surface area contributed by atoms with Gasteiger partial charge in [-0.3, -0.25) is 19.7 Å². The van der Waals surface area contributed by atoms with Crippen molar-refractivity contribution in [2.75, 3.05) is 67.6 Å². The summed E-state index contributed by atoms with van der Waals surface area (Å²) in [6.07, 6.45) is 0. The van der Waals surface area contributed by atoms with Gasteiger partial charge in [0.15, 0.2) is 0 Å². The zero-order valence-electron chi connectivity index (χ0n) is 20.9. The first-order valence-electron chi connectivity index (χ1n) is 12.6. The Kier molecular flexibility index (Phi) is 7.50. The van der Waals surface area contributed by atoms with E-state index in [4.69, 9.17) is 4.74 Å². The minimum absolute atomic E-state index is 0.00829. The van der Waals surface area contributed by atoms with Crippen LogP contribution in [0.3, 0.4) is 0 Å². The van der Waals surface area contributed by atoms with Crippen molar-refractivity contribution in [1.29, 1.82) is 0 Å². The average Bonchev–Trinajstić information content (AvgIpc) is 2.97. The summed E-state index contributed by atoms with van der Waals surface area (Å²) < 4.78 is 5.35. The van der Waals surface area contributed by atoms with Gasteiger partial charge < -0.3 is 24.8 Å². The van der Waals surface area contributed by atoms with E-state index in [1.807, 2.05) is 64.4 Å². The third-order valence-corrected chi connectivity index (χ3v) is 6.87. The molecule has 5 rings (SSSR count). The number of nitrogens with zero attached hydrogens (tertiary/aromatic N) is 4. The number of nitro benzene ring substituents is 1. The molecule has 0 atom stereocenters. The van der Waals surface area contributed by atoms with Crippen LogP contribution in [-0.4, -0.2) is 74.1 Å². The van der Waals surface area contributed by atoms with E-state index in [0.29, 0.717) is 69.4 Å². The van der Waals surface area contributed by atoms with E-state index in [-0.39, 0.29) is 17.2 Å². The number of hydrogen-bond acceptors (Lipinski definition) is 7. The molecule has 2 fully saturated rings. The third-order valence-electron chi connectivity index (χ3n) is 6.87. The summed E-state index contributed by atoms with van der Waals surface area (Å²) in [6, 6.07) is 21.3. The predicted molar refractivity (Wildman–Crippen MR) is 145 cm³/mol. The smallest absolute Gasteiger partial charge is 0.293 e. The largest absolute Gasteiger partial charge is 0.378 e. The van der Waals surface area contributed by atoms with Crippen molar-refractivity contribution in [3.05, 3.63) is 94.0 Å². The van der Waals surface area contributed by atoms with Crippen LogP contribution in [0, 0.1) is 10.1 Å². The van der Waals surface area contributed by atoms with Gasteiger partial charge in [-0.05, 0) is 36.4 Å². The number of amides is 2. The van der Waals surface area contributed by atoms with Crippen molar-refractivity contribution in [3.63, 3.8) is 0 Å². The Hall–Kier alpha value is -4.44. The SMILES string of the molecule is O=C(Nc1ccccc1N1CCN(C(=O)c2ccccc2)CC1)c1ccc(N2CCOCC2)c([N+](=O)[O-])c1. The number of anilines is 3. The maximum Gasteiger partial charge on any atom is 0.293 e. The highest BCUT2D eigenvalue weighted by molar-refractivity contribution is 6.06. The second kappa shape index (κ2) is 11.3. The molecule has 10 nitrogen and oxygen atoms in total. The van der Waals surface area contributed by atoms with E-state index in [1.165, 1.54) is 6.07 Å². The van der Waals surface area contributed by atoms with Crippen LogP contribution in [-0.2, 0) is 4.74 Å². The van der Waals surface area contributed by atoms with Gasteiger partial charge >= 0.3 is 0 Å². The maximum atomic E-state index is 13.2. The van der Waals surface area contributed by atoms with Crippen LogP contribution in [0.5, 0.6) is 0 Å². The van der Waals surface area contributed by atoms with Crippen molar-refractivity contribution in [2.45, 2.75) is 0 Å². The molecule has 3 aromatic rings. The van der Waals surface area contributed by atoms with Gasteiger partial charge in [-0.2, -0.15) is 0 Å². The highest BCUT2D eigenvalue weighted by Gasteiger charge is 2.26. The molecule has 2 saturated heterocycles. The normalized spacial score (nSPS) is 15.7. The van der Waals surface area contributed by atoms with Crippen LogP contribution in [0.4, 0.5) is 22.7 Å². The molecule has 0 saturated carbocycles. The molecule has 0 aromatic heterocycles. The quantitative estimate of drug-likeness (QED) is 0.394. The molecule has 38 heavy (non-hydrogen) atoms. The molecular formula is C28H29N5O5. The van der Waals surface area contributed by atoms with Crippen LogP contribution in [0.25, 0.3) is 0 Å². The lowest BCUT2D eigenvalue weighted by molar-refractivity contribution is -0.384. The van der Waals surface area contributed by atoms with Crippen molar-refractivity contribution in [1.82, 2.24) is 4.90 Å². The first-order valence-corrected chi connectivity index (χ1v) is 12.6. The van der Waals surface area contributed by atoms with E-state index in [0.717, 1.165) is 5.69 Å². The molecule has 3 aromatic carbocycles. The monoisotopic (exact) mass is 515 g/mol. The van der Waals surface area contributed by atoms with E-state index in [9.17, 15) is 19.7 Å². The summed E-state index contributed by atoms with van der Waals surface area (Å²) in [6.45, 7) is 4.48. The van der Waals surface area contributed by atoms with Gasteiger partial charge in [-0.1, -0.05) is 30.3 Å². The lowest BCUT2D eigenvalue weighted by Crippen LogP contribution is -2.49. The molecule has 2 amide bonds. The van der Waals surface area contributed by atoms with Gasteiger partial charge in [0.05, 0.1) is 29.5 Å². The molecule has 0 radical (unpaired) electrons. The molecule has 2 heterocycles. The molecule has 196 valence electrons. The standard InChI is InChI=1S/C28H29N5O5/c34-27(22-10-11-25(26(20-22)33(36)37)31-16-18-38-19-17-31)29-23-8-4-5-9-24(23)30-12-14-32(15-13-30)28(35)21-6-2-1-3-7-21/h1-11,20H,12-19H2,(H,29,34). The summed E-state index contributed by atoms with van der Waals surface area (Å²) in [4.78, 5) is 43.2. The number of piperazine rings is 1. The second-order valence-corrected chi connectivity index (χ2v) is 9.18. The Labute approximate surface area is 220 Å². The summed E-state index contributed by atoms with van der Waals surface area (Å²) in [5.74, 6) is -0.416. The number of rotatable bonds is 6. The fourth-order valence-corrected chi connectivity index (χ4v) is 4.85. The molecule has 2 aliphatic heterocycles. The zero-order valence-corrected chi connectivity index (χ0v) is 20.9. The number of para-hydroxylation sites is 2. The van der Waals surface area contributed by atoms with Crippen molar-refractivity contribution in [3.8, 4) is 0 Å². The Morgan fingerprint density at radius 3 is 2.13 bits per heavy atom. The number of nitro groups is 1. The van der Waals surface area contributed by atoms with Gasteiger partial charge in [0, 0.05) is 56.5 Å². The Morgan fingerprint density at radius 2 is 1.42 bits per heavy atom. The molecule has 0 bridgehead atoms.